The number of benzene rings is 3. The third-order valence-corrected chi connectivity index (χ3v) is 7.56. The van der Waals surface area contributed by atoms with Crippen molar-refractivity contribution < 1.29 is 0 Å². The number of rotatable bonds is 6. The Morgan fingerprint density at radius 2 is 0.405 bits per heavy atom. The van der Waals surface area contributed by atoms with Crippen LogP contribution in [0.15, 0.2) is 159 Å². The van der Waals surface area contributed by atoms with Gasteiger partial charge >= 0.3 is 0 Å². The van der Waals surface area contributed by atoms with Crippen molar-refractivity contribution in [1.82, 2.24) is 19.9 Å². The summed E-state index contributed by atoms with van der Waals surface area (Å²) in [5.74, 6) is 0. The molecule has 0 radical (unpaired) electrons. The van der Waals surface area contributed by atoms with Crippen LogP contribution in [0.1, 0.15) is 0 Å². The molecular formula is C38H26N4. The molecule has 0 saturated carbocycles. The molecule has 0 aliphatic heterocycles. The topological polar surface area (TPSA) is 51.6 Å². The Labute approximate surface area is 245 Å². The predicted molar refractivity (Wildman–Crippen MR) is 170 cm³/mol. The number of nitrogens with zero attached hydrogens (tertiary/aromatic N) is 4. The minimum Gasteiger partial charge on any atom is -0.265 e. The molecule has 0 spiro atoms. The van der Waals surface area contributed by atoms with Crippen molar-refractivity contribution in [3.8, 4) is 66.8 Å². The smallest absolute Gasteiger partial charge is 0.0273 e. The van der Waals surface area contributed by atoms with Crippen molar-refractivity contribution in [3.05, 3.63) is 159 Å². The van der Waals surface area contributed by atoms with Crippen molar-refractivity contribution in [1.29, 1.82) is 0 Å². The van der Waals surface area contributed by atoms with Gasteiger partial charge < -0.3 is 0 Å². The van der Waals surface area contributed by atoms with Crippen LogP contribution in [0, 0.1) is 0 Å². The normalized spacial score (nSPS) is 10.9. The van der Waals surface area contributed by atoms with E-state index in [2.05, 4.69) is 105 Å². The molecule has 4 aromatic heterocycles. The Hall–Kier alpha value is -5.74. The molecule has 4 heterocycles. The lowest BCUT2D eigenvalue weighted by Gasteiger charge is -2.18. The van der Waals surface area contributed by atoms with E-state index in [1.54, 1.807) is 0 Å². The van der Waals surface area contributed by atoms with E-state index in [-0.39, 0.29) is 0 Å². The average Bonchev–Trinajstić information content (AvgIpc) is 3.09. The Bertz CT molecular complexity index is 1780. The van der Waals surface area contributed by atoms with Crippen molar-refractivity contribution in [3.63, 3.8) is 0 Å². The first kappa shape index (κ1) is 25.2. The minimum absolute atomic E-state index is 1.12. The molecule has 0 aliphatic rings. The highest BCUT2D eigenvalue weighted by atomic mass is 14.6. The van der Waals surface area contributed by atoms with Gasteiger partial charge in [-0.15, -0.1) is 0 Å². The molecule has 3 aromatic carbocycles. The van der Waals surface area contributed by atoms with Crippen molar-refractivity contribution >= 4 is 0 Å². The van der Waals surface area contributed by atoms with Gasteiger partial charge in [0.1, 0.15) is 0 Å². The zero-order valence-electron chi connectivity index (χ0n) is 22.8. The van der Waals surface area contributed by atoms with Crippen LogP contribution in [-0.4, -0.2) is 19.9 Å². The Morgan fingerprint density at radius 3 is 0.690 bits per heavy atom. The van der Waals surface area contributed by atoms with E-state index in [1.165, 1.54) is 0 Å². The summed E-state index contributed by atoms with van der Waals surface area (Å²) in [6.45, 7) is 0. The second-order valence-corrected chi connectivity index (χ2v) is 10.0. The predicted octanol–water partition coefficient (Wildman–Crippen LogP) is 9.27. The molecule has 0 aliphatic carbocycles. The Kier molecular flexibility index (Phi) is 6.85. The maximum Gasteiger partial charge on any atom is 0.0273 e. The molecule has 0 unspecified atom stereocenters. The number of aromatic nitrogens is 4. The summed E-state index contributed by atoms with van der Waals surface area (Å²) in [5, 5.41) is 0. The monoisotopic (exact) mass is 538 g/mol. The molecule has 0 amide bonds. The Balaban J connectivity index is 1.42. The fraction of sp³-hybridized carbons (Fsp3) is 0. The van der Waals surface area contributed by atoms with E-state index in [0.29, 0.717) is 0 Å². The van der Waals surface area contributed by atoms with Crippen molar-refractivity contribution in [2.24, 2.45) is 0 Å². The zero-order chi connectivity index (χ0) is 28.1. The lowest BCUT2D eigenvalue weighted by Crippen LogP contribution is -1.93. The van der Waals surface area contributed by atoms with Gasteiger partial charge in [0.2, 0.25) is 0 Å². The van der Waals surface area contributed by atoms with E-state index in [1.807, 2.05) is 73.8 Å². The summed E-state index contributed by atoms with van der Waals surface area (Å²) in [7, 11) is 0. The van der Waals surface area contributed by atoms with Crippen LogP contribution in [-0.2, 0) is 0 Å². The van der Waals surface area contributed by atoms with Gasteiger partial charge in [-0.05, 0) is 127 Å². The highest BCUT2D eigenvalue weighted by molar-refractivity contribution is 5.95. The molecule has 7 aromatic rings. The zero-order valence-corrected chi connectivity index (χ0v) is 22.8. The van der Waals surface area contributed by atoms with Gasteiger partial charge in [-0.3, -0.25) is 19.9 Å². The summed E-state index contributed by atoms with van der Waals surface area (Å²) in [6, 6.07) is 38.6. The molecule has 0 N–H and O–H groups in total. The molecule has 7 rings (SSSR count). The van der Waals surface area contributed by atoms with Crippen LogP contribution in [0.2, 0.25) is 0 Å². The van der Waals surface area contributed by atoms with Gasteiger partial charge in [0.05, 0.1) is 0 Å². The fourth-order valence-corrected chi connectivity index (χ4v) is 5.39. The maximum absolute atomic E-state index is 4.28. The number of pyridine rings is 4. The van der Waals surface area contributed by atoms with Crippen molar-refractivity contribution in [2.45, 2.75) is 0 Å². The second-order valence-electron chi connectivity index (χ2n) is 10.0. The van der Waals surface area contributed by atoms with E-state index < -0.39 is 0 Å². The third-order valence-electron chi connectivity index (χ3n) is 7.56. The Morgan fingerprint density at radius 1 is 0.214 bits per heavy atom. The quantitative estimate of drug-likeness (QED) is 0.212. The first-order valence-electron chi connectivity index (χ1n) is 13.8. The largest absolute Gasteiger partial charge is 0.265 e. The van der Waals surface area contributed by atoms with Crippen LogP contribution in [0.3, 0.4) is 0 Å². The molecule has 0 fully saturated rings. The van der Waals surface area contributed by atoms with Gasteiger partial charge in [-0.2, -0.15) is 0 Å². The van der Waals surface area contributed by atoms with Crippen LogP contribution in [0.4, 0.5) is 0 Å². The lowest BCUT2D eigenvalue weighted by atomic mass is 9.85. The van der Waals surface area contributed by atoms with E-state index >= 15 is 0 Å². The van der Waals surface area contributed by atoms with Crippen LogP contribution in [0.25, 0.3) is 66.8 Å². The van der Waals surface area contributed by atoms with Crippen molar-refractivity contribution in [2.75, 3.05) is 0 Å². The highest BCUT2D eigenvalue weighted by Crippen LogP contribution is 2.42. The van der Waals surface area contributed by atoms with Gasteiger partial charge in [0.25, 0.3) is 0 Å². The lowest BCUT2D eigenvalue weighted by molar-refractivity contribution is 1.32. The van der Waals surface area contributed by atoms with Gasteiger partial charge in [-0.1, -0.05) is 48.5 Å². The van der Waals surface area contributed by atoms with Gasteiger partial charge in [0.15, 0.2) is 0 Å². The summed E-state index contributed by atoms with van der Waals surface area (Å²) in [5.41, 5.74) is 13.8. The summed E-state index contributed by atoms with van der Waals surface area (Å²) < 4.78 is 0. The SMILES string of the molecule is c1cc(-c2ccc(-c3cc(-c4ccc(-c5ccncc5)cc4)c(-c4ccncc4)cc3-c3ccncc3)cc2)ccn1. The molecule has 4 heteroatoms. The maximum atomic E-state index is 4.28. The average molecular weight is 539 g/mol. The third kappa shape index (κ3) is 5.09. The molecule has 42 heavy (non-hydrogen) atoms. The molecule has 198 valence electrons. The molecule has 0 saturated heterocycles. The summed E-state index contributed by atoms with van der Waals surface area (Å²) in [6.07, 6.45) is 14.7. The molecule has 0 bridgehead atoms. The van der Waals surface area contributed by atoms with Gasteiger partial charge in [-0.25, -0.2) is 0 Å². The first-order valence-corrected chi connectivity index (χ1v) is 13.8. The van der Waals surface area contributed by atoms with Crippen LogP contribution < -0.4 is 0 Å². The number of hydrogen-bond acceptors (Lipinski definition) is 4. The summed E-state index contributed by atoms with van der Waals surface area (Å²) in [4.78, 5) is 16.9. The van der Waals surface area contributed by atoms with E-state index in [4.69, 9.17) is 0 Å². The van der Waals surface area contributed by atoms with Crippen LogP contribution in [0.5, 0.6) is 0 Å². The number of hydrogen-bond donors (Lipinski definition) is 0. The fourth-order valence-electron chi connectivity index (χ4n) is 5.39. The second kappa shape index (κ2) is 11.4. The van der Waals surface area contributed by atoms with Crippen LogP contribution >= 0.6 is 0 Å². The van der Waals surface area contributed by atoms with Gasteiger partial charge in [0, 0.05) is 49.6 Å². The standard InChI is InChI=1S/C38H26N4/c1-5-31(6-2-27(1)29-9-17-39-18-10-29)35-25-36(32-7-3-28(4-8-32)30-11-19-40-20-12-30)38(34-15-23-42-24-16-34)26-37(35)33-13-21-41-22-14-33/h1-26H. The molecular weight excluding hydrogens is 512 g/mol. The van der Waals surface area contributed by atoms with E-state index in [0.717, 1.165) is 66.8 Å². The van der Waals surface area contributed by atoms with E-state index in [9.17, 15) is 0 Å². The molecule has 4 nitrogen and oxygen atoms in total. The minimum atomic E-state index is 1.12. The first-order chi connectivity index (χ1) is 20.8. The highest BCUT2D eigenvalue weighted by Gasteiger charge is 2.16. The molecule has 0 atom stereocenters. The summed E-state index contributed by atoms with van der Waals surface area (Å²) >= 11 is 0.